The minimum Gasteiger partial charge on any atom is -0.379 e. The van der Waals surface area contributed by atoms with Gasteiger partial charge < -0.3 is 19.9 Å². The van der Waals surface area contributed by atoms with E-state index in [9.17, 15) is 9.59 Å². The molecule has 3 rings (SSSR count). The van der Waals surface area contributed by atoms with Gasteiger partial charge in [0.1, 0.15) is 5.54 Å². The molecule has 1 saturated heterocycles. The van der Waals surface area contributed by atoms with Crippen molar-refractivity contribution in [2.45, 2.75) is 96.6 Å². The van der Waals surface area contributed by atoms with Gasteiger partial charge in [0.2, 0.25) is 17.7 Å². The number of amides is 2. The van der Waals surface area contributed by atoms with E-state index >= 15 is 0 Å². The maximum atomic E-state index is 12.7. The van der Waals surface area contributed by atoms with Crippen LogP contribution < -0.4 is 10.6 Å². The second-order valence-electron chi connectivity index (χ2n) is 9.79. The monoisotopic (exact) mass is 477 g/mol. The minimum atomic E-state index is -0.562. The molecule has 1 aromatic heterocycles. The fraction of sp³-hybridized carbons (Fsp3) is 0.840. The van der Waals surface area contributed by atoms with Crippen molar-refractivity contribution in [3.05, 3.63) is 11.7 Å². The van der Waals surface area contributed by atoms with E-state index in [-0.39, 0.29) is 11.8 Å². The van der Waals surface area contributed by atoms with E-state index in [1.165, 1.54) is 6.92 Å². The Hall–Kier alpha value is -2.00. The predicted molar refractivity (Wildman–Crippen MR) is 129 cm³/mol. The van der Waals surface area contributed by atoms with E-state index in [1.807, 2.05) is 0 Å². The van der Waals surface area contributed by atoms with Crippen LogP contribution in [0.1, 0.15) is 90.3 Å². The first-order chi connectivity index (χ1) is 16.5. The summed E-state index contributed by atoms with van der Waals surface area (Å²) in [5, 5.41) is 10.5. The number of carbonyl (C=O) groups excluding carboxylic acids is 2. The van der Waals surface area contributed by atoms with Crippen LogP contribution in [0, 0.1) is 5.92 Å². The molecule has 1 atom stereocenters. The van der Waals surface area contributed by atoms with Crippen molar-refractivity contribution in [3.8, 4) is 0 Å². The van der Waals surface area contributed by atoms with Gasteiger partial charge in [0.15, 0.2) is 5.82 Å². The zero-order valence-electron chi connectivity index (χ0n) is 21.2. The first-order valence-corrected chi connectivity index (χ1v) is 13.2. The number of nitrogens with one attached hydrogen (secondary N) is 2. The third-order valence-electron chi connectivity index (χ3n) is 7.45. The summed E-state index contributed by atoms with van der Waals surface area (Å²) in [4.78, 5) is 31.6. The topological polar surface area (TPSA) is 110 Å². The maximum absolute atomic E-state index is 12.7. The van der Waals surface area contributed by atoms with Crippen LogP contribution in [-0.4, -0.2) is 65.7 Å². The Bertz CT molecular complexity index is 765. The van der Waals surface area contributed by atoms with Gasteiger partial charge in [0, 0.05) is 45.4 Å². The molecule has 1 unspecified atom stereocenters. The number of nitrogens with zero attached hydrogens (tertiary/aromatic N) is 3. The largest absolute Gasteiger partial charge is 0.379 e. The number of morpholine rings is 1. The van der Waals surface area contributed by atoms with Crippen LogP contribution in [0.2, 0.25) is 0 Å². The fourth-order valence-corrected chi connectivity index (χ4v) is 5.49. The SMILES string of the molecule is CCC(CC)C(CNC(=O)CCc1nc(C2(NC(C)=O)CCCCCC2)no1)N1CCOCC1. The molecular weight excluding hydrogens is 434 g/mol. The zero-order valence-corrected chi connectivity index (χ0v) is 21.2. The van der Waals surface area contributed by atoms with Gasteiger partial charge in [-0.3, -0.25) is 14.5 Å². The van der Waals surface area contributed by atoms with Crippen molar-refractivity contribution in [3.63, 3.8) is 0 Å². The average Bonchev–Trinajstić information content (AvgIpc) is 3.20. The fourth-order valence-electron chi connectivity index (χ4n) is 5.49. The molecule has 2 fully saturated rings. The van der Waals surface area contributed by atoms with Crippen molar-refractivity contribution in [2.75, 3.05) is 32.8 Å². The molecule has 9 heteroatoms. The van der Waals surface area contributed by atoms with Gasteiger partial charge >= 0.3 is 0 Å². The number of aryl methyl sites for hydroxylation is 1. The van der Waals surface area contributed by atoms with E-state index in [0.717, 1.165) is 77.7 Å². The summed E-state index contributed by atoms with van der Waals surface area (Å²) in [7, 11) is 0. The van der Waals surface area contributed by atoms with Gasteiger partial charge in [-0.25, -0.2) is 0 Å². The molecule has 0 bridgehead atoms. The number of carbonyl (C=O) groups is 2. The molecule has 2 N–H and O–H groups in total. The summed E-state index contributed by atoms with van der Waals surface area (Å²) in [6.07, 6.45) is 8.83. The summed E-state index contributed by atoms with van der Waals surface area (Å²) >= 11 is 0. The molecule has 1 aliphatic carbocycles. The Balaban J connectivity index is 1.55. The van der Waals surface area contributed by atoms with E-state index in [0.29, 0.717) is 43.1 Å². The molecule has 1 aliphatic heterocycles. The Morgan fingerprint density at radius 3 is 2.38 bits per heavy atom. The van der Waals surface area contributed by atoms with Gasteiger partial charge in [-0.15, -0.1) is 0 Å². The van der Waals surface area contributed by atoms with Crippen LogP contribution in [-0.2, 0) is 26.3 Å². The third-order valence-corrected chi connectivity index (χ3v) is 7.45. The lowest BCUT2D eigenvalue weighted by Crippen LogP contribution is -2.52. The number of aromatic nitrogens is 2. The van der Waals surface area contributed by atoms with E-state index in [1.54, 1.807) is 0 Å². The molecule has 0 radical (unpaired) electrons. The second kappa shape index (κ2) is 13.2. The van der Waals surface area contributed by atoms with Crippen LogP contribution in [0.4, 0.5) is 0 Å². The average molecular weight is 478 g/mol. The Morgan fingerprint density at radius 1 is 1.09 bits per heavy atom. The highest BCUT2D eigenvalue weighted by Crippen LogP contribution is 2.34. The molecule has 2 heterocycles. The van der Waals surface area contributed by atoms with Crippen molar-refractivity contribution in [2.24, 2.45) is 5.92 Å². The van der Waals surface area contributed by atoms with E-state index in [2.05, 4.69) is 39.5 Å². The summed E-state index contributed by atoms with van der Waals surface area (Å²) in [6, 6.07) is 0.325. The molecule has 1 aromatic rings. The highest BCUT2D eigenvalue weighted by Gasteiger charge is 2.38. The zero-order chi connectivity index (χ0) is 24.4. The number of ether oxygens (including phenoxy) is 1. The second-order valence-corrected chi connectivity index (χ2v) is 9.79. The maximum Gasteiger partial charge on any atom is 0.227 e. The number of hydrogen-bond acceptors (Lipinski definition) is 7. The standard InChI is InChI=1S/C25H43N5O4/c1-4-20(5-2)21(30-14-16-33-17-15-30)18-26-22(32)10-11-23-27-24(29-34-23)25(28-19(3)31)12-8-6-7-9-13-25/h20-21H,4-18H2,1-3H3,(H,26,32)(H,28,31). The highest BCUT2D eigenvalue weighted by atomic mass is 16.5. The molecule has 9 nitrogen and oxygen atoms in total. The normalized spacial score (nSPS) is 20.0. The first-order valence-electron chi connectivity index (χ1n) is 13.2. The molecule has 0 spiro atoms. The van der Waals surface area contributed by atoms with Gasteiger partial charge in [-0.2, -0.15) is 4.98 Å². The summed E-state index contributed by atoms with van der Waals surface area (Å²) in [5.41, 5.74) is -0.562. The molecule has 0 aromatic carbocycles. The van der Waals surface area contributed by atoms with Crippen molar-refractivity contribution >= 4 is 11.8 Å². The first kappa shape index (κ1) is 26.6. The van der Waals surface area contributed by atoms with Gasteiger partial charge in [0.25, 0.3) is 0 Å². The summed E-state index contributed by atoms with van der Waals surface area (Å²) in [6.45, 7) is 9.96. The number of rotatable bonds is 11. The lowest BCUT2D eigenvalue weighted by molar-refractivity contribution is -0.122. The summed E-state index contributed by atoms with van der Waals surface area (Å²) in [5.74, 6) is 1.45. The van der Waals surface area contributed by atoms with Gasteiger partial charge in [0.05, 0.1) is 13.2 Å². The van der Waals surface area contributed by atoms with Crippen molar-refractivity contribution in [1.82, 2.24) is 25.7 Å². The Labute approximate surface area is 203 Å². The van der Waals surface area contributed by atoms with E-state index in [4.69, 9.17) is 9.26 Å². The molecule has 2 aliphatic rings. The van der Waals surface area contributed by atoms with Gasteiger partial charge in [-0.1, -0.05) is 57.5 Å². The van der Waals surface area contributed by atoms with Crippen LogP contribution >= 0.6 is 0 Å². The summed E-state index contributed by atoms with van der Waals surface area (Å²) < 4.78 is 11.0. The van der Waals surface area contributed by atoms with Gasteiger partial charge in [-0.05, 0) is 18.8 Å². The number of hydrogen-bond donors (Lipinski definition) is 2. The van der Waals surface area contributed by atoms with Crippen LogP contribution in [0.15, 0.2) is 4.52 Å². The predicted octanol–water partition coefficient (Wildman–Crippen LogP) is 2.94. The van der Waals surface area contributed by atoms with E-state index < -0.39 is 5.54 Å². The van der Waals surface area contributed by atoms with Crippen molar-refractivity contribution < 1.29 is 18.8 Å². The van der Waals surface area contributed by atoms with Crippen LogP contribution in [0.25, 0.3) is 0 Å². The molecule has 34 heavy (non-hydrogen) atoms. The molecule has 2 amide bonds. The molecule has 1 saturated carbocycles. The lowest BCUT2D eigenvalue weighted by atomic mass is 9.89. The quantitative estimate of drug-likeness (QED) is 0.472. The third kappa shape index (κ3) is 7.25. The van der Waals surface area contributed by atoms with Crippen LogP contribution in [0.3, 0.4) is 0 Å². The Morgan fingerprint density at radius 2 is 1.76 bits per heavy atom. The Kier molecular flexibility index (Phi) is 10.3. The molecular formula is C25H43N5O4. The minimum absolute atomic E-state index is 0.00462. The van der Waals surface area contributed by atoms with Crippen molar-refractivity contribution in [1.29, 1.82) is 0 Å². The highest BCUT2D eigenvalue weighted by molar-refractivity contribution is 5.76. The smallest absolute Gasteiger partial charge is 0.227 e. The van der Waals surface area contributed by atoms with Crippen LogP contribution in [0.5, 0.6) is 0 Å². The molecule has 192 valence electrons. The lowest BCUT2D eigenvalue weighted by Gasteiger charge is -2.38.